The number of piperazine rings is 1. The van der Waals surface area contributed by atoms with E-state index in [1.807, 2.05) is 4.90 Å². The lowest BCUT2D eigenvalue weighted by Gasteiger charge is -2.34. The highest BCUT2D eigenvalue weighted by Crippen LogP contribution is 2.37. The van der Waals surface area contributed by atoms with Gasteiger partial charge in [-0.1, -0.05) is 11.6 Å². The Bertz CT molecular complexity index is 838. The average Bonchev–Trinajstić information content (AvgIpc) is 2.63. The number of nitrogens with one attached hydrogen (secondary N) is 1. The van der Waals surface area contributed by atoms with Crippen molar-refractivity contribution in [1.29, 1.82) is 0 Å². The zero-order valence-corrected chi connectivity index (χ0v) is 15.2. The van der Waals surface area contributed by atoms with Gasteiger partial charge < -0.3 is 15.1 Å². The van der Waals surface area contributed by atoms with E-state index in [2.05, 4.69) is 15.3 Å². The number of anilines is 3. The van der Waals surface area contributed by atoms with Gasteiger partial charge in [-0.05, 0) is 24.3 Å². The highest BCUT2D eigenvalue weighted by Gasteiger charge is 2.34. The van der Waals surface area contributed by atoms with Gasteiger partial charge in [-0.2, -0.15) is 18.2 Å². The Morgan fingerprint density at radius 3 is 2.52 bits per heavy atom. The Morgan fingerprint density at radius 1 is 1.19 bits per heavy atom. The van der Waals surface area contributed by atoms with Crippen LogP contribution in [0.3, 0.4) is 0 Å². The minimum atomic E-state index is -4.56. The fourth-order valence-electron chi connectivity index (χ4n) is 2.82. The van der Waals surface area contributed by atoms with Gasteiger partial charge in [-0.15, -0.1) is 0 Å². The third kappa shape index (κ3) is 4.60. The van der Waals surface area contributed by atoms with Crippen molar-refractivity contribution in [2.24, 2.45) is 0 Å². The van der Waals surface area contributed by atoms with Crippen molar-refractivity contribution >= 4 is 35.0 Å². The van der Waals surface area contributed by atoms with Gasteiger partial charge >= 0.3 is 6.18 Å². The maximum absolute atomic E-state index is 13.2. The van der Waals surface area contributed by atoms with Crippen LogP contribution in [0.1, 0.15) is 12.5 Å². The molecular formula is C17H17ClF3N5O. The molecule has 0 saturated carbocycles. The Kier molecular flexibility index (Phi) is 5.41. The molecule has 1 aromatic carbocycles. The van der Waals surface area contributed by atoms with Crippen LogP contribution in [0.5, 0.6) is 0 Å². The molecular weight excluding hydrogens is 383 g/mol. The molecule has 2 aromatic rings. The number of carbonyl (C=O) groups excluding carboxylic acids is 1. The molecule has 1 aliphatic heterocycles. The van der Waals surface area contributed by atoms with Crippen molar-refractivity contribution in [2.45, 2.75) is 13.1 Å². The first-order chi connectivity index (χ1) is 12.7. The maximum Gasteiger partial charge on any atom is 0.418 e. The average molecular weight is 400 g/mol. The molecule has 0 radical (unpaired) electrons. The predicted octanol–water partition coefficient (Wildman–Crippen LogP) is 3.56. The smallest absolute Gasteiger partial charge is 0.353 e. The summed E-state index contributed by atoms with van der Waals surface area (Å²) in [6, 6.07) is 5.15. The van der Waals surface area contributed by atoms with Gasteiger partial charge in [0.15, 0.2) is 0 Å². The van der Waals surface area contributed by atoms with E-state index >= 15 is 0 Å². The molecule has 27 heavy (non-hydrogen) atoms. The predicted molar refractivity (Wildman–Crippen MR) is 96.2 cm³/mol. The highest BCUT2D eigenvalue weighted by atomic mass is 35.5. The first kappa shape index (κ1) is 19.2. The van der Waals surface area contributed by atoms with E-state index in [1.54, 1.807) is 11.0 Å². The number of alkyl halides is 3. The summed E-state index contributed by atoms with van der Waals surface area (Å²) < 4.78 is 39.7. The normalized spacial score (nSPS) is 15.0. The molecule has 1 aliphatic rings. The summed E-state index contributed by atoms with van der Waals surface area (Å²) in [7, 11) is 0. The molecule has 3 rings (SSSR count). The number of aromatic nitrogens is 2. The number of amides is 1. The van der Waals surface area contributed by atoms with Gasteiger partial charge in [0.2, 0.25) is 11.9 Å². The first-order valence-electron chi connectivity index (χ1n) is 8.21. The molecule has 0 bridgehead atoms. The molecule has 1 saturated heterocycles. The molecule has 1 amide bonds. The van der Waals surface area contributed by atoms with Gasteiger partial charge in [0.25, 0.3) is 0 Å². The molecule has 6 nitrogen and oxygen atoms in total. The zero-order valence-electron chi connectivity index (χ0n) is 14.4. The van der Waals surface area contributed by atoms with Crippen LogP contribution in [0.25, 0.3) is 0 Å². The van der Waals surface area contributed by atoms with Crippen LogP contribution in [0.2, 0.25) is 5.02 Å². The summed E-state index contributed by atoms with van der Waals surface area (Å²) in [6.45, 7) is 3.83. The Morgan fingerprint density at radius 2 is 1.89 bits per heavy atom. The van der Waals surface area contributed by atoms with Crippen molar-refractivity contribution in [2.75, 3.05) is 36.4 Å². The van der Waals surface area contributed by atoms with E-state index < -0.39 is 11.7 Å². The molecule has 0 atom stereocenters. The number of carbonyl (C=O) groups is 1. The van der Waals surface area contributed by atoms with Crippen LogP contribution in [0.4, 0.5) is 30.6 Å². The van der Waals surface area contributed by atoms with Crippen LogP contribution >= 0.6 is 11.6 Å². The van der Waals surface area contributed by atoms with Gasteiger partial charge in [0.05, 0.1) is 11.3 Å². The SMILES string of the molecule is CC(=O)N1CCN(c2ccnc(Nc3ccc(Cl)cc3C(F)(F)F)n2)CC1. The maximum atomic E-state index is 13.2. The summed E-state index contributed by atoms with van der Waals surface area (Å²) in [5, 5.41) is 2.61. The van der Waals surface area contributed by atoms with Gasteiger partial charge in [0.1, 0.15) is 5.82 Å². The molecule has 1 aromatic heterocycles. The lowest BCUT2D eigenvalue weighted by atomic mass is 10.1. The molecule has 10 heteroatoms. The van der Waals surface area contributed by atoms with Gasteiger partial charge in [0, 0.05) is 44.3 Å². The van der Waals surface area contributed by atoms with Crippen LogP contribution in [0.15, 0.2) is 30.5 Å². The fraction of sp³-hybridized carbons (Fsp3) is 0.353. The van der Waals surface area contributed by atoms with Crippen LogP contribution in [-0.2, 0) is 11.0 Å². The van der Waals surface area contributed by atoms with Crippen LogP contribution in [-0.4, -0.2) is 47.0 Å². The molecule has 0 spiro atoms. The first-order valence-corrected chi connectivity index (χ1v) is 8.59. The molecule has 0 unspecified atom stereocenters. The fourth-order valence-corrected chi connectivity index (χ4v) is 2.99. The van der Waals surface area contributed by atoms with Crippen molar-refractivity contribution < 1.29 is 18.0 Å². The quantitative estimate of drug-likeness (QED) is 0.855. The van der Waals surface area contributed by atoms with Crippen LogP contribution < -0.4 is 10.2 Å². The van der Waals surface area contributed by atoms with Crippen molar-refractivity contribution in [3.05, 3.63) is 41.0 Å². The second-order valence-corrected chi connectivity index (χ2v) is 6.48. The van der Waals surface area contributed by atoms with E-state index in [9.17, 15) is 18.0 Å². The van der Waals surface area contributed by atoms with Crippen LogP contribution in [0, 0.1) is 0 Å². The molecule has 0 aliphatic carbocycles. The summed E-state index contributed by atoms with van der Waals surface area (Å²) >= 11 is 5.69. The minimum Gasteiger partial charge on any atom is -0.353 e. The standard InChI is InChI=1S/C17H17ClF3N5O/c1-11(27)25-6-8-26(9-7-25)15-4-5-22-16(24-15)23-14-3-2-12(18)10-13(14)17(19,20)21/h2-5,10H,6-9H2,1H3,(H,22,23,24). The molecule has 1 fully saturated rings. The monoisotopic (exact) mass is 399 g/mol. The largest absolute Gasteiger partial charge is 0.418 e. The lowest BCUT2D eigenvalue weighted by Crippen LogP contribution is -2.48. The summed E-state index contributed by atoms with van der Waals surface area (Å²) in [5.74, 6) is 0.648. The van der Waals surface area contributed by atoms with E-state index in [0.29, 0.717) is 32.0 Å². The Balaban J connectivity index is 1.79. The Labute approximate surface area is 159 Å². The second-order valence-electron chi connectivity index (χ2n) is 6.04. The van der Waals surface area contributed by atoms with Gasteiger partial charge in [-0.3, -0.25) is 4.79 Å². The van der Waals surface area contributed by atoms with E-state index in [4.69, 9.17) is 11.6 Å². The summed E-state index contributed by atoms with van der Waals surface area (Å²) in [5.41, 5.74) is -1.07. The summed E-state index contributed by atoms with van der Waals surface area (Å²) in [6.07, 6.45) is -3.08. The lowest BCUT2D eigenvalue weighted by molar-refractivity contribution is -0.137. The highest BCUT2D eigenvalue weighted by molar-refractivity contribution is 6.30. The van der Waals surface area contributed by atoms with Crippen molar-refractivity contribution in [3.8, 4) is 0 Å². The molecule has 144 valence electrons. The molecule has 2 heterocycles. The number of hydrogen-bond acceptors (Lipinski definition) is 5. The van der Waals surface area contributed by atoms with E-state index in [0.717, 1.165) is 6.07 Å². The third-order valence-corrected chi connectivity index (χ3v) is 4.46. The van der Waals surface area contributed by atoms with E-state index in [1.165, 1.54) is 25.3 Å². The second kappa shape index (κ2) is 7.59. The van der Waals surface area contributed by atoms with Crippen molar-refractivity contribution in [1.82, 2.24) is 14.9 Å². The summed E-state index contributed by atoms with van der Waals surface area (Å²) in [4.78, 5) is 23.4. The topological polar surface area (TPSA) is 61.4 Å². The zero-order chi connectivity index (χ0) is 19.6. The number of halogens is 4. The number of nitrogens with zero attached hydrogens (tertiary/aromatic N) is 4. The van der Waals surface area contributed by atoms with Gasteiger partial charge in [-0.25, -0.2) is 4.98 Å². The number of rotatable bonds is 3. The van der Waals surface area contributed by atoms with E-state index in [-0.39, 0.29) is 22.6 Å². The third-order valence-electron chi connectivity index (χ3n) is 4.22. The minimum absolute atomic E-state index is 0.00844. The number of benzene rings is 1. The van der Waals surface area contributed by atoms with Crippen molar-refractivity contribution in [3.63, 3.8) is 0 Å². The number of hydrogen-bond donors (Lipinski definition) is 1. The molecule has 1 N–H and O–H groups in total. The Hall–Kier alpha value is -2.55.